The van der Waals surface area contributed by atoms with Gasteiger partial charge >= 0.3 is 10.1 Å². The van der Waals surface area contributed by atoms with Crippen LogP contribution >= 0.6 is 0 Å². The molecule has 1 radical (unpaired) electrons. The summed E-state index contributed by atoms with van der Waals surface area (Å²) in [5, 5.41) is 20.2. The number of benzene rings is 1. The van der Waals surface area contributed by atoms with Crippen molar-refractivity contribution in [3.8, 4) is 0 Å². The third-order valence-electron chi connectivity index (χ3n) is 1.42. The topological polar surface area (TPSA) is 106 Å². The SMILES string of the molecule is [O]OS(=O)(=O)c1ccccc1[N+](=O)[O-]. The molecule has 0 spiro atoms. The maximum atomic E-state index is 10.9. The average molecular weight is 218 g/mol. The smallest absolute Gasteiger partial charge is 0.258 e. The highest BCUT2D eigenvalue weighted by Crippen LogP contribution is 2.23. The summed E-state index contributed by atoms with van der Waals surface area (Å²) in [6, 6.07) is 4.41. The van der Waals surface area contributed by atoms with E-state index in [2.05, 4.69) is 4.33 Å². The fraction of sp³-hybridized carbons (Fsp3) is 0. The average Bonchev–Trinajstić information content (AvgIpc) is 2.18. The second-order valence-electron chi connectivity index (χ2n) is 2.25. The minimum absolute atomic E-state index is 0.691. The molecule has 0 amide bonds. The fourth-order valence-electron chi connectivity index (χ4n) is 0.856. The molecule has 0 fully saturated rings. The molecule has 75 valence electrons. The second-order valence-corrected chi connectivity index (χ2v) is 3.73. The number of nitrogens with zero attached hydrogens (tertiary/aromatic N) is 1. The van der Waals surface area contributed by atoms with E-state index in [1.165, 1.54) is 12.1 Å². The molecule has 0 atom stereocenters. The van der Waals surface area contributed by atoms with Crippen molar-refractivity contribution in [3.63, 3.8) is 0 Å². The number of hydrogen-bond acceptors (Lipinski definition) is 5. The Hall–Kier alpha value is -1.51. The van der Waals surface area contributed by atoms with Crippen LogP contribution in [0.5, 0.6) is 0 Å². The molecule has 1 aromatic rings. The highest BCUT2D eigenvalue weighted by Gasteiger charge is 2.26. The van der Waals surface area contributed by atoms with E-state index in [0.29, 0.717) is 0 Å². The van der Waals surface area contributed by atoms with Gasteiger partial charge in [0.25, 0.3) is 5.69 Å². The van der Waals surface area contributed by atoms with Gasteiger partial charge in [-0.25, -0.2) is 0 Å². The predicted molar refractivity (Wildman–Crippen MR) is 42.1 cm³/mol. The molecule has 7 nitrogen and oxygen atoms in total. The Bertz CT molecular complexity index is 453. The van der Waals surface area contributed by atoms with Crippen LogP contribution in [0.2, 0.25) is 0 Å². The van der Waals surface area contributed by atoms with Crippen molar-refractivity contribution in [3.05, 3.63) is 34.4 Å². The molecule has 1 aromatic carbocycles. The molecule has 0 aliphatic heterocycles. The second kappa shape index (κ2) is 3.70. The van der Waals surface area contributed by atoms with Gasteiger partial charge in [-0.3, -0.25) is 10.1 Å². The summed E-state index contributed by atoms with van der Waals surface area (Å²) in [4.78, 5) is 8.71. The van der Waals surface area contributed by atoms with Gasteiger partial charge in [-0.1, -0.05) is 16.5 Å². The zero-order valence-electron chi connectivity index (χ0n) is 6.61. The van der Waals surface area contributed by atoms with Crippen LogP contribution in [0.15, 0.2) is 29.2 Å². The Morgan fingerprint density at radius 2 is 1.86 bits per heavy atom. The van der Waals surface area contributed by atoms with Crippen LogP contribution in [0.4, 0.5) is 5.69 Å². The predicted octanol–water partition coefficient (Wildman–Crippen LogP) is 0.646. The van der Waals surface area contributed by atoms with Crippen LogP contribution in [0.3, 0.4) is 0 Å². The number of nitro benzene ring substituents is 1. The first-order chi connectivity index (χ1) is 6.49. The van der Waals surface area contributed by atoms with Gasteiger partial charge in [0, 0.05) is 6.07 Å². The molecule has 0 aliphatic rings. The monoisotopic (exact) mass is 218 g/mol. The normalized spacial score (nSPS) is 11.2. The van der Waals surface area contributed by atoms with Gasteiger partial charge in [-0.15, -0.1) is 0 Å². The Morgan fingerprint density at radius 1 is 1.29 bits per heavy atom. The summed E-state index contributed by atoms with van der Waals surface area (Å²) in [6.07, 6.45) is 0. The third-order valence-corrected chi connectivity index (χ3v) is 2.48. The van der Waals surface area contributed by atoms with Gasteiger partial charge in [0.15, 0.2) is 4.90 Å². The van der Waals surface area contributed by atoms with Crippen molar-refractivity contribution in [2.45, 2.75) is 4.90 Å². The van der Waals surface area contributed by atoms with Crippen molar-refractivity contribution >= 4 is 15.8 Å². The minimum Gasteiger partial charge on any atom is -0.258 e. The van der Waals surface area contributed by atoms with Crippen LogP contribution in [0.25, 0.3) is 0 Å². The van der Waals surface area contributed by atoms with Gasteiger partial charge in [0.2, 0.25) is 0 Å². The maximum Gasteiger partial charge on any atom is 0.332 e. The van der Waals surface area contributed by atoms with Crippen molar-refractivity contribution in [2.75, 3.05) is 0 Å². The van der Waals surface area contributed by atoms with E-state index in [0.717, 1.165) is 12.1 Å². The molecular weight excluding hydrogens is 214 g/mol. The molecule has 0 saturated carbocycles. The Balaban J connectivity index is 3.42. The maximum absolute atomic E-state index is 10.9. The summed E-state index contributed by atoms with van der Waals surface area (Å²) < 4.78 is 24.7. The fourth-order valence-corrected chi connectivity index (χ4v) is 1.57. The van der Waals surface area contributed by atoms with Crippen LogP contribution < -0.4 is 0 Å². The molecular formula is C6H4NO6S. The summed E-state index contributed by atoms with van der Waals surface area (Å²) in [7, 11) is -4.57. The first kappa shape index (κ1) is 10.6. The van der Waals surface area contributed by atoms with E-state index in [1.54, 1.807) is 0 Å². The molecule has 0 N–H and O–H groups in total. The van der Waals surface area contributed by atoms with Crippen LogP contribution in [0, 0.1) is 10.1 Å². The van der Waals surface area contributed by atoms with E-state index >= 15 is 0 Å². The van der Waals surface area contributed by atoms with Gasteiger partial charge in [-0.05, 0) is 11.3 Å². The first-order valence-electron chi connectivity index (χ1n) is 3.29. The molecule has 0 heterocycles. The first-order valence-corrected chi connectivity index (χ1v) is 4.70. The Kier molecular flexibility index (Phi) is 2.79. The third kappa shape index (κ3) is 1.87. The standard InChI is InChI=1S/C6H4NO6S/c8-7(9)5-3-1-2-4-6(5)14(11,12)13-10/h1-4H. The molecule has 0 bridgehead atoms. The highest BCUT2D eigenvalue weighted by atomic mass is 32.2. The Labute approximate surface area is 78.8 Å². The molecule has 1 rings (SSSR count). The summed E-state index contributed by atoms with van der Waals surface area (Å²) in [6.45, 7) is 0. The number of para-hydroxylation sites is 1. The molecule has 0 saturated heterocycles. The molecule has 0 aliphatic carbocycles. The lowest BCUT2D eigenvalue weighted by atomic mass is 10.3. The van der Waals surface area contributed by atoms with Gasteiger partial charge in [0.1, 0.15) is 0 Å². The van der Waals surface area contributed by atoms with Gasteiger partial charge in [0.05, 0.1) is 4.92 Å². The number of rotatable bonds is 3. The van der Waals surface area contributed by atoms with Gasteiger partial charge < -0.3 is 0 Å². The van der Waals surface area contributed by atoms with Crippen molar-refractivity contribution in [2.24, 2.45) is 0 Å². The van der Waals surface area contributed by atoms with Crippen LogP contribution in [-0.4, -0.2) is 13.3 Å². The molecule has 14 heavy (non-hydrogen) atoms. The lowest BCUT2D eigenvalue weighted by Gasteiger charge is -1.98. The zero-order valence-corrected chi connectivity index (χ0v) is 7.43. The highest BCUT2D eigenvalue weighted by molar-refractivity contribution is 7.86. The van der Waals surface area contributed by atoms with E-state index in [1.807, 2.05) is 0 Å². The molecule has 0 aromatic heterocycles. The number of hydrogen-bond donors (Lipinski definition) is 0. The van der Waals surface area contributed by atoms with E-state index < -0.39 is 25.6 Å². The lowest BCUT2D eigenvalue weighted by Crippen LogP contribution is -2.05. The largest absolute Gasteiger partial charge is 0.332 e. The molecule has 8 heteroatoms. The Morgan fingerprint density at radius 3 is 2.36 bits per heavy atom. The summed E-state index contributed by atoms with van der Waals surface area (Å²) >= 11 is 0. The summed E-state index contributed by atoms with van der Waals surface area (Å²) in [5.74, 6) is 0. The van der Waals surface area contributed by atoms with E-state index in [4.69, 9.17) is 0 Å². The quantitative estimate of drug-likeness (QED) is 0.420. The van der Waals surface area contributed by atoms with E-state index in [9.17, 15) is 23.8 Å². The number of nitro groups is 1. The van der Waals surface area contributed by atoms with Crippen molar-refractivity contribution in [1.82, 2.24) is 0 Å². The minimum atomic E-state index is -4.57. The summed E-state index contributed by atoms with van der Waals surface area (Å²) in [5.41, 5.74) is -0.691. The van der Waals surface area contributed by atoms with Crippen LogP contribution in [-0.2, 0) is 19.7 Å². The van der Waals surface area contributed by atoms with E-state index in [-0.39, 0.29) is 0 Å². The molecule has 0 unspecified atom stereocenters. The van der Waals surface area contributed by atoms with Crippen molar-refractivity contribution < 1.29 is 22.9 Å². The van der Waals surface area contributed by atoms with Gasteiger partial charge in [-0.2, -0.15) is 8.42 Å². The van der Waals surface area contributed by atoms with Crippen molar-refractivity contribution in [1.29, 1.82) is 0 Å². The van der Waals surface area contributed by atoms with Crippen LogP contribution in [0.1, 0.15) is 0 Å². The lowest BCUT2D eigenvalue weighted by molar-refractivity contribution is -0.388. The zero-order chi connectivity index (χ0) is 10.8.